The summed E-state index contributed by atoms with van der Waals surface area (Å²) in [5.41, 5.74) is -1.76. The van der Waals surface area contributed by atoms with Crippen LogP contribution in [0.1, 0.15) is 13.8 Å². The van der Waals surface area contributed by atoms with E-state index >= 15 is 0 Å². The first-order valence-corrected chi connectivity index (χ1v) is 7.85. The van der Waals surface area contributed by atoms with E-state index in [4.69, 9.17) is 9.47 Å². The van der Waals surface area contributed by atoms with Gasteiger partial charge in [-0.3, -0.25) is 13.9 Å². The van der Waals surface area contributed by atoms with Gasteiger partial charge in [0.2, 0.25) is 0 Å². The van der Waals surface area contributed by atoms with Gasteiger partial charge in [-0.1, -0.05) is 6.08 Å². The van der Waals surface area contributed by atoms with Crippen LogP contribution in [0.4, 0.5) is 0 Å². The molecule has 0 spiro atoms. The van der Waals surface area contributed by atoms with Gasteiger partial charge in [-0.05, 0) is 29.8 Å². The van der Waals surface area contributed by atoms with Crippen LogP contribution in [-0.4, -0.2) is 34.3 Å². The third kappa shape index (κ3) is 4.54. The van der Waals surface area contributed by atoms with E-state index < -0.39 is 23.2 Å². The Morgan fingerprint density at radius 3 is 2.42 bits per heavy atom. The van der Waals surface area contributed by atoms with Crippen molar-refractivity contribution in [1.82, 2.24) is 9.13 Å². The Morgan fingerprint density at radius 2 is 1.88 bits per heavy atom. The number of carbonyl (C=O) groups is 2. The fourth-order valence-electron chi connectivity index (χ4n) is 1.76. The molecule has 9 heteroatoms. The van der Waals surface area contributed by atoms with Crippen LogP contribution in [0.25, 0.3) is 5.70 Å². The smallest absolute Gasteiger partial charge is 0.355 e. The minimum atomic E-state index is -0.900. The average molecular weight is 401 g/mol. The fraction of sp³-hybridized carbons (Fsp3) is 0.333. The topological polar surface area (TPSA) is 96.6 Å². The molecule has 1 aromatic rings. The number of ether oxygens (including phenoxy) is 2. The van der Waals surface area contributed by atoms with E-state index in [1.54, 1.807) is 13.8 Å². The van der Waals surface area contributed by atoms with Gasteiger partial charge in [0.1, 0.15) is 5.70 Å². The largest absolute Gasteiger partial charge is 0.463 e. The van der Waals surface area contributed by atoms with Crippen molar-refractivity contribution >= 4 is 33.6 Å². The van der Waals surface area contributed by atoms with Crippen LogP contribution in [0.3, 0.4) is 0 Å². The molecule has 0 unspecified atom stereocenters. The third-order valence-electron chi connectivity index (χ3n) is 2.73. The summed E-state index contributed by atoms with van der Waals surface area (Å²) in [6.45, 7) is 6.73. The van der Waals surface area contributed by atoms with Gasteiger partial charge >= 0.3 is 17.6 Å². The van der Waals surface area contributed by atoms with Crippen LogP contribution in [-0.2, 0) is 25.6 Å². The van der Waals surface area contributed by atoms with Gasteiger partial charge in [-0.15, -0.1) is 6.58 Å². The lowest BCUT2D eigenvalue weighted by Crippen LogP contribution is -2.40. The van der Waals surface area contributed by atoms with Crippen molar-refractivity contribution in [3.05, 3.63) is 50.2 Å². The molecule has 0 aliphatic rings. The maximum atomic E-state index is 12.5. The number of hydrogen-bond acceptors (Lipinski definition) is 6. The monoisotopic (exact) mass is 400 g/mol. The van der Waals surface area contributed by atoms with Gasteiger partial charge in [0.05, 0.1) is 23.8 Å². The van der Waals surface area contributed by atoms with Crippen LogP contribution in [0.2, 0.25) is 0 Å². The molecule has 0 atom stereocenters. The summed E-state index contributed by atoms with van der Waals surface area (Å²) in [5, 5.41) is 0. The number of carbonyl (C=O) groups excluding carboxylic acids is 2. The molecule has 0 aliphatic heterocycles. The zero-order valence-corrected chi connectivity index (χ0v) is 14.9. The van der Waals surface area contributed by atoms with Crippen LogP contribution < -0.4 is 11.2 Å². The van der Waals surface area contributed by atoms with Crippen LogP contribution in [0.5, 0.6) is 0 Å². The predicted molar refractivity (Wildman–Crippen MR) is 90.4 cm³/mol. The zero-order chi connectivity index (χ0) is 18.3. The van der Waals surface area contributed by atoms with Gasteiger partial charge in [0.25, 0.3) is 5.56 Å². The average Bonchev–Trinajstić information content (AvgIpc) is 2.53. The molecule has 8 nitrogen and oxygen atoms in total. The molecular formula is C15H17BrN2O6. The molecule has 0 aliphatic carbocycles. The number of nitrogens with zero attached hydrogens (tertiary/aromatic N) is 2. The molecule has 1 aromatic heterocycles. The molecule has 130 valence electrons. The maximum Gasteiger partial charge on any atom is 0.355 e. The summed E-state index contributed by atoms with van der Waals surface area (Å²) >= 11 is 3.03. The standard InChI is InChI=1S/C15H17BrN2O6/c1-4-7-17-13(20)10(16)9-18(15(17)22)11(14(21)24-6-3)8-12(19)23-5-2/h4,8-9H,1,5-7H2,2-3H3/b11-8-. The molecule has 1 rings (SSSR count). The summed E-state index contributed by atoms with van der Waals surface area (Å²) in [5.74, 6) is -1.71. The summed E-state index contributed by atoms with van der Waals surface area (Å²) < 4.78 is 11.4. The Balaban J connectivity index is 3.62. The first-order valence-electron chi connectivity index (χ1n) is 7.06. The molecule has 0 saturated heterocycles. The number of allylic oxidation sites excluding steroid dienone is 1. The summed E-state index contributed by atoms with van der Waals surface area (Å²) in [6.07, 6.45) is 3.31. The highest BCUT2D eigenvalue weighted by atomic mass is 79.9. The second-order valence-electron chi connectivity index (χ2n) is 4.34. The van der Waals surface area contributed by atoms with Crippen molar-refractivity contribution in [1.29, 1.82) is 0 Å². The lowest BCUT2D eigenvalue weighted by molar-refractivity contribution is -0.139. The molecule has 24 heavy (non-hydrogen) atoms. The lowest BCUT2D eigenvalue weighted by atomic mass is 10.3. The van der Waals surface area contributed by atoms with Crippen LogP contribution >= 0.6 is 15.9 Å². The highest BCUT2D eigenvalue weighted by Crippen LogP contribution is 2.09. The van der Waals surface area contributed by atoms with Crippen molar-refractivity contribution < 1.29 is 19.1 Å². The second-order valence-corrected chi connectivity index (χ2v) is 5.19. The van der Waals surface area contributed by atoms with E-state index in [0.29, 0.717) is 0 Å². The molecule has 0 aromatic carbocycles. The third-order valence-corrected chi connectivity index (χ3v) is 3.27. The molecule has 0 fully saturated rings. The van der Waals surface area contributed by atoms with E-state index in [2.05, 4.69) is 22.5 Å². The number of esters is 2. The van der Waals surface area contributed by atoms with Crippen molar-refractivity contribution in [3.63, 3.8) is 0 Å². The number of aromatic nitrogens is 2. The lowest BCUT2D eigenvalue weighted by Gasteiger charge is -2.12. The Hall–Kier alpha value is -2.42. The van der Waals surface area contributed by atoms with Crippen molar-refractivity contribution in [2.45, 2.75) is 20.4 Å². The van der Waals surface area contributed by atoms with E-state index in [9.17, 15) is 19.2 Å². The van der Waals surface area contributed by atoms with Crippen molar-refractivity contribution in [2.75, 3.05) is 13.2 Å². The molecule has 0 bridgehead atoms. The fourth-order valence-corrected chi connectivity index (χ4v) is 2.18. The van der Waals surface area contributed by atoms with Gasteiger partial charge in [-0.25, -0.2) is 14.4 Å². The van der Waals surface area contributed by atoms with Crippen LogP contribution in [0.15, 0.2) is 39.0 Å². The minimum absolute atomic E-state index is 0.0306. The van der Waals surface area contributed by atoms with Gasteiger partial charge < -0.3 is 9.47 Å². The molecule has 1 heterocycles. The highest BCUT2D eigenvalue weighted by molar-refractivity contribution is 9.10. The van der Waals surface area contributed by atoms with Crippen molar-refractivity contribution in [2.24, 2.45) is 0 Å². The Labute approximate surface area is 146 Å². The van der Waals surface area contributed by atoms with Gasteiger partial charge in [0.15, 0.2) is 0 Å². The van der Waals surface area contributed by atoms with Gasteiger partial charge in [0, 0.05) is 12.7 Å². The summed E-state index contributed by atoms with van der Waals surface area (Å²) in [4.78, 5) is 48.3. The van der Waals surface area contributed by atoms with Crippen LogP contribution in [0, 0.1) is 0 Å². The van der Waals surface area contributed by atoms with E-state index in [1.165, 1.54) is 6.08 Å². The van der Waals surface area contributed by atoms with E-state index in [-0.39, 0.29) is 29.9 Å². The molecule has 0 saturated carbocycles. The maximum absolute atomic E-state index is 12.5. The van der Waals surface area contributed by atoms with E-state index in [1.807, 2.05) is 0 Å². The SMILES string of the molecule is C=CCn1c(=O)c(Br)cn(/C(=C\C(=O)OCC)C(=O)OCC)c1=O. The number of halogens is 1. The predicted octanol–water partition coefficient (Wildman–Crippen LogP) is 0.926. The first kappa shape index (κ1) is 19.6. The minimum Gasteiger partial charge on any atom is -0.463 e. The van der Waals surface area contributed by atoms with E-state index in [0.717, 1.165) is 21.4 Å². The number of hydrogen-bond donors (Lipinski definition) is 0. The Bertz CT molecular complexity index is 790. The second kappa shape index (κ2) is 9.02. The summed E-state index contributed by atoms with van der Waals surface area (Å²) in [7, 11) is 0. The molecular weight excluding hydrogens is 384 g/mol. The van der Waals surface area contributed by atoms with Crippen molar-refractivity contribution in [3.8, 4) is 0 Å². The Morgan fingerprint density at radius 1 is 1.25 bits per heavy atom. The molecule has 0 N–H and O–H groups in total. The first-order chi connectivity index (χ1) is 11.4. The molecule has 0 radical (unpaired) electrons. The normalized spacial score (nSPS) is 11.0. The highest BCUT2D eigenvalue weighted by Gasteiger charge is 2.20. The summed E-state index contributed by atoms with van der Waals surface area (Å²) in [6, 6.07) is 0. The van der Waals surface area contributed by atoms with Gasteiger partial charge in [-0.2, -0.15) is 0 Å². The quantitative estimate of drug-likeness (QED) is 0.383. The number of rotatable bonds is 7. The Kier molecular flexibility index (Phi) is 7.37. The zero-order valence-electron chi connectivity index (χ0n) is 13.3. The molecule has 0 amide bonds.